The third-order valence-corrected chi connectivity index (χ3v) is 3.54. The molecule has 2 rings (SSSR count). The lowest BCUT2D eigenvalue weighted by Gasteiger charge is -2.11. The molecule has 0 amide bonds. The fourth-order valence-corrected chi connectivity index (χ4v) is 1.99. The molecule has 0 bridgehead atoms. The summed E-state index contributed by atoms with van der Waals surface area (Å²) < 4.78 is 6.18. The summed E-state index contributed by atoms with van der Waals surface area (Å²) >= 11 is 3.47. The van der Waals surface area contributed by atoms with Crippen LogP contribution in [0.15, 0.2) is 33.3 Å². The van der Waals surface area contributed by atoms with Gasteiger partial charge in [-0.15, -0.1) is 0 Å². The molecular weight excluding hydrogens is 294 g/mol. The predicted molar refractivity (Wildman–Crippen MR) is 74.0 cm³/mol. The van der Waals surface area contributed by atoms with Gasteiger partial charge in [-0.25, -0.2) is 0 Å². The van der Waals surface area contributed by atoms with Gasteiger partial charge in [-0.1, -0.05) is 47.1 Å². The van der Waals surface area contributed by atoms with E-state index in [2.05, 4.69) is 39.9 Å². The molecule has 0 spiro atoms. The van der Waals surface area contributed by atoms with Crippen molar-refractivity contribution in [2.24, 2.45) is 11.7 Å². The van der Waals surface area contributed by atoms with Crippen molar-refractivity contribution >= 4 is 15.9 Å². The smallest absolute Gasteiger partial charge is 0.228 e. The number of benzene rings is 1. The first-order valence-corrected chi connectivity index (χ1v) is 6.70. The molecule has 0 fully saturated rings. The number of rotatable bonds is 4. The zero-order valence-corrected chi connectivity index (χ0v) is 12.0. The summed E-state index contributed by atoms with van der Waals surface area (Å²) in [7, 11) is 0. The van der Waals surface area contributed by atoms with Crippen molar-refractivity contribution in [2.75, 3.05) is 0 Å². The van der Waals surface area contributed by atoms with Gasteiger partial charge in [0.05, 0.1) is 0 Å². The highest BCUT2D eigenvalue weighted by Crippen LogP contribution is 2.25. The van der Waals surface area contributed by atoms with E-state index in [-0.39, 0.29) is 6.04 Å². The zero-order valence-electron chi connectivity index (χ0n) is 10.4. The molecule has 1 heterocycles. The van der Waals surface area contributed by atoms with Gasteiger partial charge in [-0.2, -0.15) is 4.98 Å². The van der Waals surface area contributed by atoms with E-state index in [0.29, 0.717) is 24.1 Å². The molecule has 0 radical (unpaired) electrons. The van der Waals surface area contributed by atoms with Crippen molar-refractivity contribution in [1.29, 1.82) is 0 Å². The van der Waals surface area contributed by atoms with Gasteiger partial charge in [0.15, 0.2) is 0 Å². The molecule has 96 valence electrons. The fourth-order valence-electron chi connectivity index (χ4n) is 1.53. The van der Waals surface area contributed by atoms with E-state index in [1.165, 1.54) is 0 Å². The highest BCUT2D eigenvalue weighted by atomic mass is 79.9. The first-order valence-electron chi connectivity index (χ1n) is 5.91. The molecule has 0 aliphatic rings. The highest BCUT2D eigenvalue weighted by Gasteiger charge is 2.15. The first kappa shape index (κ1) is 13.2. The van der Waals surface area contributed by atoms with Crippen LogP contribution < -0.4 is 5.73 Å². The average Bonchev–Trinajstić information content (AvgIpc) is 2.77. The molecule has 0 saturated heterocycles. The second-order valence-corrected chi connectivity index (χ2v) is 5.46. The number of nitrogens with two attached hydrogens (primary N) is 1. The van der Waals surface area contributed by atoms with E-state index in [1.54, 1.807) is 0 Å². The standard InChI is InChI=1S/C13H16BrN3O/c1-8(2)11(15)7-12-16-13(17-18-12)9-5-3-4-6-10(9)14/h3-6,8,11H,7,15H2,1-2H3. The number of aromatic nitrogens is 2. The minimum atomic E-state index is 0.0394. The number of halogens is 1. The van der Waals surface area contributed by atoms with Gasteiger partial charge in [-0.3, -0.25) is 0 Å². The molecule has 1 aromatic carbocycles. The average molecular weight is 310 g/mol. The summed E-state index contributed by atoms with van der Waals surface area (Å²) in [6.07, 6.45) is 0.606. The van der Waals surface area contributed by atoms with Crippen molar-refractivity contribution in [1.82, 2.24) is 10.1 Å². The Morgan fingerprint density at radius 2 is 2.06 bits per heavy atom. The van der Waals surface area contributed by atoms with Crippen LogP contribution in [0.1, 0.15) is 19.7 Å². The van der Waals surface area contributed by atoms with Crippen LogP contribution in [-0.2, 0) is 6.42 Å². The number of hydrogen-bond donors (Lipinski definition) is 1. The van der Waals surface area contributed by atoms with Gasteiger partial charge in [0.25, 0.3) is 0 Å². The van der Waals surface area contributed by atoms with E-state index in [4.69, 9.17) is 10.3 Å². The number of hydrogen-bond acceptors (Lipinski definition) is 4. The van der Waals surface area contributed by atoms with Crippen LogP contribution in [0.25, 0.3) is 11.4 Å². The second-order valence-electron chi connectivity index (χ2n) is 4.60. The van der Waals surface area contributed by atoms with E-state index >= 15 is 0 Å². The second kappa shape index (κ2) is 5.63. The summed E-state index contributed by atoms with van der Waals surface area (Å²) in [5.74, 6) is 1.57. The largest absolute Gasteiger partial charge is 0.339 e. The Morgan fingerprint density at radius 3 is 2.72 bits per heavy atom. The first-order chi connectivity index (χ1) is 8.58. The molecule has 1 aromatic heterocycles. The van der Waals surface area contributed by atoms with Crippen molar-refractivity contribution in [2.45, 2.75) is 26.3 Å². The topological polar surface area (TPSA) is 64.9 Å². The Labute approximate surface area is 115 Å². The lowest BCUT2D eigenvalue weighted by Crippen LogP contribution is -2.28. The van der Waals surface area contributed by atoms with Gasteiger partial charge in [-0.05, 0) is 18.1 Å². The molecule has 1 atom stereocenters. The van der Waals surface area contributed by atoms with Crippen molar-refractivity contribution < 1.29 is 4.52 Å². The quantitative estimate of drug-likeness (QED) is 0.942. The minimum absolute atomic E-state index is 0.0394. The van der Waals surface area contributed by atoms with Crippen LogP contribution in [0.4, 0.5) is 0 Å². The maximum atomic E-state index is 5.99. The third-order valence-electron chi connectivity index (χ3n) is 2.85. The van der Waals surface area contributed by atoms with Crippen LogP contribution in [-0.4, -0.2) is 16.2 Å². The van der Waals surface area contributed by atoms with E-state index in [9.17, 15) is 0 Å². The minimum Gasteiger partial charge on any atom is -0.339 e. The third kappa shape index (κ3) is 2.97. The lowest BCUT2D eigenvalue weighted by molar-refractivity contribution is 0.353. The molecular formula is C13H16BrN3O. The SMILES string of the molecule is CC(C)C(N)Cc1nc(-c2ccccc2Br)no1. The van der Waals surface area contributed by atoms with Gasteiger partial charge in [0.1, 0.15) is 0 Å². The van der Waals surface area contributed by atoms with Crippen molar-refractivity contribution in [3.63, 3.8) is 0 Å². The molecule has 18 heavy (non-hydrogen) atoms. The van der Waals surface area contributed by atoms with E-state index in [0.717, 1.165) is 10.0 Å². The van der Waals surface area contributed by atoms with Crippen molar-refractivity contribution in [3.8, 4) is 11.4 Å². The Hall–Kier alpha value is -1.20. The monoisotopic (exact) mass is 309 g/mol. The fraction of sp³-hybridized carbons (Fsp3) is 0.385. The Bertz CT molecular complexity index is 524. The molecule has 5 heteroatoms. The van der Waals surface area contributed by atoms with Gasteiger partial charge in [0.2, 0.25) is 11.7 Å². The van der Waals surface area contributed by atoms with E-state index in [1.807, 2.05) is 24.3 Å². The maximum Gasteiger partial charge on any atom is 0.228 e. The molecule has 1 unspecified atom stereocenters. The van der Waals surface area contributed by atoms with Crippen molar-refractivity contribution in [3.05, 3.63) is 34.6 Å². The Morgan fingerprint density at radius 1 is 1.33 bits per heavy atom. The summed E-state index contributed by atoms with van der Waals surface area (Å²) in [5.41, 5.74) is 6.91. The molecule has 0 aliphatic carbocycles. The predicted octanol–water partition coefficient (Wildman–Crippen LogP) is 3.02. The van der Waals surface area contributed by atoms with Gasteiger partial charge >= 0.3 is 0 Å². The zero-order chi connectivity index (χ0) is 13.1. The number of nitrogens with zero attached hydrogens (tertiary/aromatic N) is 2. The molecule has 0 aliphatic heterocycles. The highest BCUT2D eigenvalue weighted by molar-refractivity contribution is 9.10. The van der Waals surface area contributed by atoms with E-state index < -0.39 is 0 Å². The lowest BCUT2D eigenvalue weighted by atomic mass is 10.0. The Balaban J connectivity index is 2.18. The molecule has 2 N–H and O–H groups in total. The molecule has 0 saturated carbocycles. The van der Waals surface area contributed by atoms with Crippen LogP contribution in [0.2, 0.25) is 0 Å². The van der Waals surface area contributed by atoms with Crippen LogP contribution >= 0.6 is 15.9 Å². The summed E-state index contributed by atoms with van der Waals surface area (Å²) in [4.78, 5) is 4.38. The molecule has 2 aromatic rings. The van der Waals surface area contributed by atoms with Crippen LogP contribution in [0, 0.1) is 5.92 Å². The summed E-state index contributed by atoms with van der Waals surface area (Å²) in [6, 6.07) is 7.82. The Kier molecular flexibility index (Phi) is 4.14. The van der Waals surface area contributed by atoms with Gasteiger partial charge in [0, 0.05) is 22.5 Å². The maximum absolute atomic E-state index is 5.99. The summed E-state index contributed by atoms with van der Waals surface area (Å²) in [5, 5.41) is 3.99. The summed E-state index contributed by atoms with van der Waals surface area (Å²) in [6.45, 7) is 4.16. The van der Waals surface area contributed by atoms with Crippen LogP contribution in [0.5, 0.6) is 0 Å². The van der Waals surface area contributed by atoms with Crippen LogP contribution in [0.3, 0.4) is 0 Å². The molecule has 4 nitrogen and oxygen atoms in total. The normalized spacial score (nSPS) is 12.9. The van der Waals surface area contributed by atoms with Gasteiger partial charge < -0.3 is 10.3 Å².